The molecule has 1 aliphatic heterocycles. The van der Waals surface area contributed by atoms with Gasteiger partial charge in [0.05, 0.1) is 54.1 Å². The van der Waals surface area contributed by atoms with Gasteiger partial charge < -0.3 is 29.7 Å². The molecule has 4 aromatic rings. The molecular formula is C36H42ClFN6O6S. The van der Waals surface area contributed by atoms with Crippen molar-refractivity contribution in [2.45, 2.75) is 70.0 Å². The number of nitrogens with two attached hydrogens (primary N) is 1. The summed E-state index contributed by atoms with van der Waals surface area (Å²) in [4.78, 5) is 54.9. The van der Waals surface area contributed by atoms with Crippen molar-refractivity contribution in [2.24, 2.45) is 0 Å². The van der Waals surface area contributed by atoms with Crippen molar-refractivity contribution in [1.29, 1.82) is 0 Å². The van der Waals surface area contributed by atoms with Crippen LogP contribution in [0.25, 0.3) is 28.0 Å². The van der Waals surface area contributed by atoms with Crippen molar-refractivity contribution < 1.29 is 28.2 Å². The molecule has 1 aromatic carbocycles. The van der Waals surface area contributed by atoms with Crippen LogP contribution in [0.2, 0.25) is 5.02 Å². The van der Waals surface area contributed by atoms with E-state index in [0.717, 1.165) is 4.90 Å². The zero-order valence-corrected chi connectivity index (χ0v) is 31.6. The van der Waals surface area contributed by atoms with E-state index in [1.807, 2.05) is 20.1 Å². The summed E-state index contributed by atoms with van der Waals surface area (Å²) in [5, 5.41) is 0.334. The van der Waals surface area contributed by atoms with Crippen LogP contribution in [0.4, 0.5) is 20.6 Å². The lowest BCUT2D eigenvalue weighted by molar-refractivity contribution is -0.143. The number of amides is 1. The lowest BCUT2D eigenvalue weighted by Crippen LogP contribution is -2.62. The van der Waals surface area contributed by atoms with Gasteiger partial charge in [0, 0.05) is 29.1 Å². The molecule has 15 heteroatoms. The highest BCUT2D eigenvalue weighted by Gasteiger charge is 2.42. The summed E-state index contributed by atoms with van der Waals surface area (Å²) in [6.07, 6.45) is 2.94. The fraction of sp³-hybridized carbons (Fsp3) is 0.417. The lowest BCUT2D eigenvalue weighted by Gasteiger charge is -2.45. The van der Waals surface area contributed by atoms with E-state index in [9.17, 15) is 14.4 Å². The zero-order chi connectivity index (χ0) is 37.5. The Morgan fingerprint density at radius 2 is 1.84 bits per heavy atom. The first kappa shape index (κ1) is 37.7. The Morgan fingerprint density at radius 3 is 2.45 bits per heavy atom. The largest absolute Gasteiger partial charge is 0.496 e. The standard InChI is InChI=1S/C36H42ClFN6O6S/c1-18(2)28-31(25(51-9)13-14-40-28)44-32-20(15-21(37)29(41-32)26-22(38)11-10-12-24(26)48-7)30(27(39)33(44)45)43-16-19(3)42(17-23(43)34(46)49-8)35(47)50-36(4,5)6/h10-15,18-19,23H,16-17,39H2,1-9H3/t19-,23-/m1/s1. The number of anilines is 2. The monoisotopic (exact) mass is 740 g/mol. The summed E-state index contributed by atoms with van der Waals surface area (Å²) in [5.41, 5.74) is 6.54. The van der Waals surface area contributed by atoms with Gasteiger partial charge >= 0.3 is 12.1 Å². The number of hydrogen-bond acceptors (Lipinski definition) is 11. The van der Waals surface area contributed by atoms with Crippen LogP contribution in [-0.2, 0) is 14.3 Å². The first-order chi connectivity index (χ1) is 24.0. The zero-order valence-electron chi connectivity index (χ0n) is 30.0. The van der Waals surface area contributed by atoms with Gasteiger partial charge in [-0.25, -0.2) is 19.0 Å². The highest BCUT2D eigenvalue weighted by Crippen LogP contribution is 2.42. The van der Waals surface area contributed by atoms with Gasteiger partial charge in [0.15, 0.2) is 5.65 Å². The molecule has 3 aromatic heterocycles. The Kier molecular flexibility index (Phi) is 10.8. The predicted octanol–water partition coefficient (Wildman–Crippen LogP) is 6.66. The van der Waals surface area contributed by atoms with Gasteiger partial charge in [-0.1, -0.05) is 31.5 Å². The molecule has 272 valence electrons. The van der Waals surface area contributed by atoms with Crippen LogP contribution >= 0.6 is 23.4 Å². The number of esters is 1. The fourth-order valence-electron chi connectivity index (χ4n) is 6.28. The van der Waals surface area contributed by atoms with E-state index in [2.05, 4.69) is 4.98 Å². The summed E-state index contributed by atoms with van der Waals surface area (Å²) in [5.74, 6) is -1.25. The average Bonchev–Trinajstić information content (AvgIpc) is 3.07. The molecule has 0 spiro atoms. The van der Waals surface area contributed by atoms with Gasteiger partial charge in [-0.3, -0.25) is 14.3 Å². The Hall–Kier alpha value is -4.56. The number of hydrogen-bond donors (Lipinski definition) is 1. The van der Waals surface area contributed by atoms with Gasteiger partial charge in [-0.05, 0) is 64.1 Å². The predicted molar refractivity (Wildman–Crippen MR) is 198 cm³/mol. The first-order valence-corrected chi connectivity index (χ1v) is 17.9. The molecule has 1 fully saturated rings. The van der Waals surface area contributed by atoms with Crippen LogP contribution in [0.5, 0.6) is 5.75 Å². The fourth-order valence-corrected chi connectivity index (χ4v) is 7.11. The number of halogens is 2. The van der Waals surface area contributed by atoms with Gasteiger partial charge in [-0.15, -0.1) is 11.8 Å². The van der Waals surface area contributed by atoms with Crippen LogP contribution in [0, 0.1) is 5.82 Å². The maximum atomic E-state index is 15.6. The third-order valence-corrected chi connectivity index (χ3v) is 9.63. The molecule has 0 bridgehead atoms. The summed E-state index contributed by atoms with van der Waals surface area (Å²) in [7, 11) is 2.64. The topological polar surface area (TPSA) is 142 Å². The SMILES string of the molecule is COC(=O)[C@H]1CN(C(=O)OC(C)(C)C)[C@H](C)CN1c1c(N)c(=O)n(-c2c(SC)ccnc2C(C)C)c2nc(-c3c(F)cccc3OC)c(Cl)cc12. The van der Waals surface area contributed by atoms with E-state index in [-0.39, 0.29) is 58.1 Å². The molecule has 0 aliphatic carbocycles. The van der Waals surface area contributed by atoms with Crippen LogP contribution in [-0.4, -0.2) is 82.7 Å². The molecule has 2 atom stereocenters. The molecule has 1 saturated heterocycles. The molecule has 0 radical (unpaired) electrons. The van der Waals surface area contributed by atoms with Crippen LogP contribution in [0.1, 0.15) is 53.2 Å². The number of carbonyl (C=O) groups is 2. The number of piperazine rings is 1. The minimum Gasteiger partial charge on any atom is -0.496 e. The van der Waals surface area contributed by atoms with Crippen molar-refractivity contribution in [2.75, 3.05) is 44.2 Å². The number of pyridine rings is 3. The Balaban J connectivity index is 1.89. The number of benzene rings is 1. The number of fused-ring (bicyclic) bond motifs is 1. The molecule has 51 heavy (non-hydrogen) atoms. The molecule has 12 nitrogen and oxygen atoms in total. The Labute approximate surface area is 305 Å². The molecular weight excluding hydrogens is 699 g/mol. The third-order valence-electron chi connectivity index (χ3n) is 8.58. The number of nitrogen functional groups attached to an aromatic ring is 1. The third kappa shape index (κ3) is 7.03. The van der Waals surface area contributed by atoms with Gasteiger partial charge in [0.2, 0.25) is 0 Å². The summed E-state index contributed by atoms with van der Waals surface area (Å²) in [6.45, 7) is 10.9. The van der Waals surface area contributed by atoms with E-state index in [0.29, 0.717) is 16.8 Å². The van der Waals surface area contributed by atoms with E-state index in [1.54, 1.807) is 57.0 Å². The highest BCUT2D eigenvalue weighted by atomic mass is 35.5. The number of thioether (sulfide) groups is 1. The van der Waals surface area contributed by atoms with Gasteiger partial charge in [-0.2, -0.15) is 0 Å². The molecule has 1 amide bonds. The van der Waals surface area contributed by atoms with Crippen molar-refractivity contribution in [3.63, 3.8) is 0 Å². The summed E-state index contributed by atoms with van der Waals surface area (Å²) >= 11 is 8.36. The molecule has 0 saturated carbocycles. The summed E-state index contributed by atoms with van der Waals surface area (Å²) in [6, 6.07) is 6.08. The second-order valence-electron chi connectivity index (χ2n) is 13.5. The van der Waals surface area contributed by atoms with Crippen molar-refractivity contribution in [1.82, 2.24) is 19.4 Å². The van der Waals surface area contributed by atoms with E-state index in [1.165, 1.54) is 47.6 Å². The van der Waals surface area contributed by atoms with Gasteiger partial charge in [0.1, 0.15) is 28.9 Å². The van der Waals surface area contributed by atoms with Crippen molar-refractivity contribution in [3.8, 4) is 22.7 Å². The second kappa shape index (κ2) is 14.6. The lowest BCUT2D eigenvalue weighted by atomic mass is 10.0. The highest BCUT2D eigenvalue weighted by molar-refractivity contribution is 7.98. The first-order valence-electron chi connectivity index (χ1n) is 16.3. The number of methoxy groups -OCH3 is 2. The maximum absolute atomic E-state index is 15.6. The number of ether oxygens (including phenoxy) is 3. The Bertz CT molecular complexity index is 2070. The van der Waals surface area contributed by atoms with Gasteiger partial charge in [0.25, 0.3) is 5.56 Å². The van der Waals surface area contributed by atoms with Crippen LogP contribution in [0.15, 0.2) is 46.2 Å². The molecule has 5 rings (SSSR count). The molecule has 2 N–H and O–H groups in total. The Morgan fingerprint density at radius 1 is 1.14 bits per heavy atom. The minimum absolute atomic E-state index is 0.00308. The number of rotatable bonds is 7. The molecule has 1 aliphatic rings. The number of nitrogens with zero attached hydrogens (tertiary/aromatic N) is 5. The van der Waals surface area contributed by atoms with Crippen LogP contribution < -0.4 is 20.9 Å². The van der Waals surface area contributed by atoms with E-state index < -0.39 is 41.1 Å². The van der Waals surface area contributed by atoms with Crippen LogP contribution in [0.3, 0.4) is 0 Å². The molecule has 0 unspecified atom stereocenters. The van der Waals surface area contributed by atoms with Crippen molar-refractivity contribution >= 4 is 57.8 Å². The average molecular weight is 741 g/mol. The maximum Gasteiger partial charge on any atom is 0.410 e. The minimum atomic E-state index is -1.10. The molecule has 4 heterocycles. The quantitative estimate of drug-likeness (QED) is 0.161. The second-order valence-corrected chi connectivity index (χ2v) is 14.7. The normalized spacial score (nSPS) is 16.5. The number of aromatic nitrogens is 3. The van der Waals surface area contributed by atoms with Crippen molar-refractivity contribution in [3.05, 3.63) is 63.4 Å². The number of carbonyl (C=O) groups excluding carboxylic acids is 2. The van der Waals surface area contributed by atoms with E-state index in [4.69, 9.17) is 36.5 Å². The summed E-state index contributed by atoms with van der Waals surface area (Å²) < 4.78 is 33.3. The van der Waals surface area contributed by atoms with E-state index >= 15 is 4.39 Å². The smallest absolute Gasteiger partial charge is 0.410 e.